The van der Waals surface area contributed by atoms with E-state index in [-0.39, 0.29) is 12.2 Å². The van der Waals surface area contributed by atoms with Gasteiger partial charge in [0.25, 0.3) is 0 Å². The second kappa shape index (κ2) is 6.57. The van der Waals surface area contributed by atoms with E-state index >= 15 is 0 Å². The number of pyridine rings is 1. The van der Waals surface area contributed by atoms with Crippen LogP contribution in [0.4, 0.5) is 0 Å². The molecule has 3 nitrogen and oxygen atoms in total. The number of aromatic nitrogens is 2. The molecule has 0 saturated heterocycles. The number of Topliss-reactive ketones (excluding diaryl/α,β-unsaturated/α-hetero) is 1. The number of carbonyl (C=O) groups excluding carboxylic acids is 1. The van der Waals surface area contributed by atoms with E-state index in [2.05, 4.69) is 9.97 Å². The van der Waals surface area contributed by atoms with Crippen molar-refractivity contribution in [1.82, 2.24) is 9.97 Å². The zero-order valence-electron chi connectivity index (χ0n) is 11.3. The van der Waals surface area contributed by atoms with Crippen LogP contribution in [0.3, 0.4) is 0 Å². The van der Waals surface area contributed by atoms with E-state index in [1.54, 1.807) is 36.0 Å². The van der Waals surface area contributed by atoms with Gasteiger partial charge in [0, 0.05) is 29.8 Å². The lowest BCUT2D eigenvalue weighted by molar-refractivity contribution is 0.0989. The highest BCUT2D eigenvalue weighted by Crippen LogP contribution is 2.25. The SMILES string of the molecule is O=C(Cc1ccc(Cl)c(Cl)c1)c1csc(-c2cccnc2)n1. The molecule has 2 heterocycles. The topological polar surface area (TPSA) is 42.9 Å². The average molecular weight is 349 g/mol. The molecule has 6 heteroatoms. The van der Waals surface area contributed by atoms with E-state index in [9.17, 15) is 4.79 Å². The number of rotatable bonds is 4. The Morgan fingerprint density at radius 3 is 2.77 bits per heavy atom. The third kappa shape index (κ3) is 3.35. The quantitative estimate of drug-likeness (QED) is 0.627. The Morgan fingerprint density at radius 2 is 2.05 bits per heavy atom. The maximum atomic E-state index is 12.3. The molecule has 22 heavy (non-hydrogen) atoms. The van der Waals surface area contributed by atoms with Gasteiger partial charge in [0.2, 0.25) is 0 Å². The lowest BCUT2D eigenvalue weighted by Gasteiger charge is -2.01. The minimum Gasteiger partial charge on any atom is -0.292 e. The molecule has 0 unspecified atom stereocenters. The second-order valence-corrected chi connectivity index (χ2v) is 6.30. The van der Waals surface area contributed by atoms with E-state index in [0.29, 0.717) is 15.7 Å². The average Bonchev–Trinajstić information content (AvgIpc) is 3.02. The maximum absolute atomic E-state index is 12.3. The van der Waals surface area contributed by atoms with Gasteiger partial charge in [-0.3, -0.25) is 9.78 Å². The van der Waals surface area contributed by atoms with Crippen LogP contribution in [-0.4, -0.2) is 15.8 Å². The monoisotopic (exact) mass is 348 g/mol. The van der Waals surface area contributed by atoms with Crippen molar-refractivity contribution >= 4 is 40.3 Å². The Morgan fingerprint density at radius 1 is 1.18 bits per heavy atom. The summed E-state index contributed by atoms with van der Waals surface area (Å²) in [6.07, 6.45) is 3.67. The fourth-order valence-corrected chi connectivity index (χ4v) is 3.09. The third-order valence-corrected chi connectivity index (χ3v) is 4.68. The van der Waals surface area contributed by atoms with E-state index in [1.165, 1.54) is 11.3 Å². The smallest absolute Gasteiger partial charge is 0.186 e. The summed E-state index contributed by atoms with van der Waals surface area (Å²) in [4.78, 5) is 20.7. The maximum Gasteiger partial charge on any atom is 0.186 e. The number of benzene rings is 1. The molecular weight excluding hydrogens is 339 g/mol. The van der Waals surface area contributed by atoms with Crippen LogP contribution < -0.4 is 0 Å². The van der Waals surface area contributed by atoms with Gasteiger partial charge >= 0.3 is 0 Å². The largest absolute Gasteiger partial charge is 0.292 e. The minimum atomic E-state index is -0.0511. The zero-order valence-corrected chi connectivity index (χ0v) is 13.6. The molecule has 0 amide bonds. The van der Waals surface area contributed by atoms with Crippen molar-refractivity contribution in [2.24, 2.45) is 0 Å². The molecule has 0 radical (unpaired) electrons. The van der Waals surface area contributed by atoms with Crippen LogP contribution in [-0.2, 0) is 6.42 Å². The predicted molar refractivity (Wildman–Crippen MR) is 89.8 cm³/mol. The van der Waals surface area contributed by atoms with Crippen LogP contribution in [0.2, 0.25) is 10.0 Å². The first-order chi connectivity index (χ1) is 10.6. The van der Waals surface area contributed by atoms with Crippen molar-refractivity contribution in [3.8, 4) is 10.6 Å². The van der Waals surface area contributed by atoms with Crippen molar-refractivity contribution in [1.29, 1.82) is 0 Å². The first-order valence-electron chi connectivity index (χ1n) is 6.46. The standard InChI is InChI=1S/C16H10Cl2N2OS/c17-12-4-3-10(6-13(12)18)7-15(21)14-9-22-16(20-14)11-2-1-5-19-8-11/h1-6,8-9H,7H2. The molecule has 1 aromatic carbocycles. The highest BCUT2D eigenvalue weighted by Gasteiger charge is 2.13. The predicted octanol–water partition coefficient (Wildman–Crippen LogP) is 4.94. The fourth-order valence-electron chi connectivity index (χ4n) is 1.95. The summed E-state index contributed by atoms with van der Waals surface area (Å²) in [6.45, 7) is 0. The summed E-state index contributed by atoms with van der Waals surface area (Å²) < 4.78 is 0. The Balaban J connectivity index is 1.78. The molecule has 0 aliphatic rings. The molecule has 0 aliphatic carbocycles. The van der Waals surface area contributed by atoms with Crippen molar-refractivity contribution in [2.45, 2.75) is 6.42 Å². The molecule has 0 fully saturated rings. The highest BCUT2D eigenvalue weighted by molar-refractivity contribution is 7.13. The van der Waals surface area contributed by atoms with Crippen molar-refractivity contribution in [3.63, 3.8) is 0 Å². The van der Waals surface area contributed by atoms with Crippen molar-refractivity contribution in [2.75, 3.05) is 0 Å². The summed E-state index contributed by atoms with van der Waals surface area (Å²) >= 11 is 13.3. The molecule has 110 valence electrons. The van der Waals surface area contributed by atoms with E-state index in [4.69, 9.17) is 23.2 Å². The number of carbonyl (C=O) groups is 1. The van der Waals surface area contributed by atoms with Gasteiger partial charge in [0.15, 0.2) is 5.78 Å². The Bertz CT molecular complexity index is 818. The number of hydrogen-bond donors (Lipinski definition) is 0. The van der Waals surface area contributed by atoms with Crippen LogP contribution in [0.25, 0.3) is 10.6 Å². The van der Waals surface area contributed by atoms with Crippen LogP contribution in [0.5, 0.6) is 0 Å². The van der Waals surface area contributed by atoms with Crippen LogP contribution in [0, 0.1) is 0 Å². The van der Waals surface area contributed by atoms with Crippen molar-refractivity contribution in [3.05, 3.63) is 69.4 Å². The summed E-state index contributed by atoms with van der Waals surface area (Å²) in [7, 11) is 0. The second-order valence-electron chi connectivity index (χ2n) is 4.63. The first kappa shape index (κ1) is 15.2. The molecule has 0 atom stereocenters. The van der Waals surface area contributed by atoms with Crippen LogP contribution >= 0.6 is 34.5 Å². The number of hydrogen-bond acceptors (Lipinski definition) is 4. The number of thiazole rings is 1. The van der Waals surface area contributed by atoms with E-state index in [0.717, 1.165) is 16.1 Å². The normalized spacial score (nSPS) is 10.6. The Labute approximate surface area is 141 Å². The van der Waals surface area contributed by atoms with Gasteiger partial charge in [-0.2, -0.15) is 0 Å². The van der Waals surface area contributed by atoms with Gasteiger partial charge in [-0.25, -0.2) is 4.98 Å². The zero-order chi connectivity index (χ0) is 15.5. The molecule has 0 N–H and O–H groups in total. The number of nitrogens with zero attached hydrogens (tertiary/aromatic N) is 2. The molecule has 0 spiro atoms. The lowest BCUT2D eigenvalue weighted by Crippen LogP contribution is -2.04. The molecule has 3 aromatic rings. The van der Waals surface area contributed by atoms with Gasteiger partial charge in [-0.15, -0.1) is 11.3 Å². The Hall–Kier alpha value is -1.75. The third-order valence-electron chi connectivity index (χ3n) is 3.05. The van der Waals surface area contributed by atoms with Crippen molar-refractivity contribution < 1.29 is 4.79 Å². The Kier molecular flexibility index (Phi) is 4.52. The first-order valence-corrected chi connectivity index (χ1v) is 8.10. The summed E-state index contributed by atoms with van der Waals surface area (Å²) in [5.74, 6) is -0.0511. The van der Waals surface area contributed by atoms with Gasteiger partial charge in [-0.1, -0.05) is 29.3 Å². The summed E-state index contributed by atoms with van der Waals surface area (Å²) in [6, 6.07) is 8.94. The summed E-state index contributed by atoms with van der Waals surface area (Å²) in [5, 5.41) is 3.47. The molecule has 0 saturated carbocycles. The van der Waals surface area contributed by atoms with Gasteiger partial charge < -0.3 is 0 Å². The molecular formula is C16H10Cl2N2OS. The number of ketones is 1. The summed E-state index contributed by atoms with van der Waals surface area (Å²) in [5.41, 5.74) is 2.17. The minimum absolute atomic E-state index is 0.0511. The molecule has 3 rings (SSSR count). The van der Waals surface area contributed by atoms with E-state index in [1.807, 2.05) is 12.1 Å². The molecule has 0 aliphatic heterocycles. The van der Waals surface area contributed by atoms with Gasteiger partial charge in [0.1, 0.15) is 10.7 Å². The molecule has 2 aromatic heterocycles. The molecule has 0 bridgehead atoms. The van der Waals surface area contributed by atoms with Gasteiger partial charge in [0.05, 0.1) is 10.0 Å². The number of halogens is 2. The highest BCUT2D eigenvalue weighted by atomic mass is 35.5. The van der Waals surface area contributed by atoms with Gasteiger partial charge in [-0.05, 0) is 29.8 Å². The van der Waals surface area contributed by atoms with Crippen LogP contribution in [0.15, 0.2) is 48.1 Å². The fraction of sp³-hybridized carbons (Fsp3) is 0.0625. The van der Waals surface area contributed by atoms with Crippen LogP contribution in [0.1, 0.15) is 16.1 Å². The lowest BCUT2D eigenvalue weighted by atomic mass is 10.1. The van der Waals surface area contributed by atoms with E-state index < -0.39 is 0 Å².